The Bertz CT molecular complexity index is 815. The summed E-state index contributed by atoms with van der Waals surface area (Å²) < 4.78 is 10.9. The van der Waals surface area contributed by atoms with E-state index in [1.807, 2.05) is 31.2 Å². The number of rotatable bonds is 5. The molecule has 0 N–H and O–H groups in total. The number of Topliss-reactive ketones (excluding diaryl/α,β-unsaturated/α-hetero) is 1. The predicted molar refractivity (Wildman–Crippen MR) is 95.6 cm³/mol. The lowest BCUT2D eigenvalue weighted by Gasteiger charge is -2.23. The number of carbonyl (C=O) groups excluding carboxylic acids is 2. The number of ketones is 1. The van der Waals surface area contributed by atoms with Gasteiger partial charge in [-0.05, 0) is 50.1 Å². The number of benzene rings is 2. The molecule has 1 atom stereocenters. The van der Waals surface area contributed by atoms with Gasteiger partial charge >= 0.3 is 0 Å². The molecule has 0 radical (unpaired) electrons. The molecule has 0 fully saturated rings. The van der Waals surface area contributed by atoms with Crippen LogP contribution in [0.15, 0.2) is 42.5 Å². The van der Waals surface area contributed by atoms with Gasteiger partial charge in [0.15, 0.2) is 23.9 Å². The number of para-hydroxylation sites is 1. The molecule has 0 bridgehead atoms. The topological polar surface area (TPSA) is 55.8 Å². The number of carbonyl (C=O) groups is 2. The molecule has 0 saturated carbocycles. The molecule has 2 aromatic carbocycles. The average Bonchev–Trinajstić information content (AvgIpc) is 2.95. The van der Waals surface area contributed by atoms with Crippen LogP contribution < -0.4 is 14.4 Å². The van der Waals surface area contributed by atoms with Gasteiger partial charge in [0.1, 0.15) is 0 Å². The summed E-state index contributed by atoms with van der Waals surface area (Å²) in [4.78, 5) is 25.9. The molecule has 0 aromatic heterocycles. The molecule has 0 unspecified atom stereocenters. The van der Waals surface area contributed by atoms with Crippen LogP contribution in [0.2, 0.25) is 0 Å². The summed E-state index contributed by atoms with van der Waals surface area (Å²) in [6, 6.07) is 13.0. The zero-order chi connectivity index (χ0) is 18.0. The van der Waals surface area contributed by atoms with Crippen LogP contribution in [0.3, 0.4) is 0 Å². The number of fused-ring (bicyclic) bond motifs is 1. The predicted octanol–water partition coefficient (Wildman–Crippen LogP) is 3.25. The normalized spacial score (nSPS) is 15.6. The van der Waals surface area contributed by atoms with E-state index < -0.39 is 0 Å². The molecular formula is C20H21NO4. The fourth-order valence-corrected chi connectivity index (χ4v) is 3.16. The minimum Gasteiger partial charge on any atom is -0.493 e. The lowest BCUT2D eigenvalue weighted by atomic mass is 10.1. The molecule has 1 amide bonds. The molecule has 2 aromatic rings. The van der Waals surface area contributed by atoms with E-state index in [1.54, 1.807) is 23.1 Å². The van der Waals surface area contributed by atoms with Gasteiger partial charge in [-0.2, -0.15) is 0 Å². The second-order valence-electron chi connectivity index (χ2n) is 6.16. The van der Waals surface area contributed by atoms with Crippen LogP contribution >= 0.6 is 0 Å². The minimum atomic E-state index is -0.102. The molecule has 1 aliphatic heterocycles. The Balaban J connectivity index is 1.74. The van der Waals surface area contributed by atoms with Crippen LogP contribution in [0, 0.1) is 0 Å². The molecule has 5 nitrogen and oxygen atoms in total. The van der Waals surface area contributed by atoms with Crippen molar-refractivity contribution in [3.8, 4) is 11.5 Å². The molecule has 25 heavy (non-hydrogen) atoms. The van der Waals surface area contributed by atoms with Crippen molar-refractivity contribution in [2.75, 3.05) is 18.6 Å². The first-order chi connectivity index (χ1) is 12.0. The van der Waals surface area contributed by atoms with Crippen molar-refractivity contribution >= 4 is 17.4 Å². The van der Waals surface area contributed by atoms with E-state index in [2.05, 4.69) is 0 Å². The molecule has 3 rings (SSSR count). The maximum Gasteiger partial charge on any atom is 0.265 e. The Hall–Kier alpha value is -2.82. The van der Waals surface area contributed by atoms with Gasteiger partial charge in [-0.25, -0.2) is 0 Å². The summed E-state index contributed by atoms with van der Waals surface area (Å²) in [5.74, 6) is 0.731. The van der Waals surface area contributed by atoms with Crippen LogP contribution in [-0.4, -0.2) is 31.4 Å². The average molecular weight is 339 g/mol. The molecule has 0 spiro atoms. The Morgan fingerprint density at radius 3 is 2.64 bits per heavy atom. The van der Waals surface area contributed by atoms with Crippen molar-refractivity contribution in [2.24, 2.45) is 0 Å². The standard InChI is InChI=1S/C20H21NO4/c1-13-10-16-6-4-5-7-17(16)21(13)20(23)12-25-18-9-8-15(14(2)22)11-19(18)24-3/h4-9,11,13H,10,12H2,1-3H3/t13-/m0/s1. The number of hydrogen-bond acceptors (Lipinski definition) is 4. The molecular weight excluding hydrogens is 318 g/mol. The van der Waals surface area contributed by atoms with Crippen molar-refractivity contribution < 1.29 is 19.1 Å². The van der Waals surface area contributed by atoms with E-state index in [-0.39, 0.29) is 24.3 Å². The first-order valence-corrected chi connectivity index (χ1v) is 8.23. The van der Waals surface area contributed by atoms with E-state index in [4.69, 9.17) is 9.47 Å². The molecule has 1 heterocycles. The highest BCUT2D eigenvalue weighted by atomic mass is 16.5. The molecule has 1 aliphatic rings. The van der Waals surface area contributed by atoms with Crippen molar-refractivity contribution in [3.63, 3.8) is 0 Å². The van der Waals surface area contributed by atoms with E-state index in [9.17, 15) is 9.59 Å². The van der Waals surface area contributed by atoms with Gasteiger partial charge in [0, 0.05) is 17.3 Å². The molecule has 0 aliphatic carbocycles. The summed E-state index contributed by atoms with van der Waals surface area (Å²) in [6.07, 6.45) is 0.846. The van der Waals surface area contributed by atoms with Gasteiger partial charge in [-0.15, -0.1) is 0 Å². The fraction of sp³-hybridized carbons (Fsp3) is 0.300. The second kappa shape index (κ2) is 6.97. The Morgan fingerprint density at radius 1 is 1.16 bits per heavy atom. The monoisotopic (exact) mass is 339 g/mol. The smallest absolute Gasteiger partial charge is 0.265 e. The fourth-order valence-electron chi connectivity index (χ4n) is 3.16. The van der Waals surface area contributed by atoms with Crippen LogP contribution in [-0.2, 0) is 11.2 Å². The number of anilines is 1. The molecule has 5 heteroatoms. The summed E-state index contributed by atoms with van der Waals surface area (Å²) >= 11 is 0. The Morgan fingerprint density at radius 2 is 1.92 bits per heavy atom. The van der Waals surface area contributed by atoms with Gasteiger partial charge < -0.3 is 14.4 Å². The summed E-state index contributed by atoms with van der Waals surface area (Å²) in [5.41, 5.74) is 2.66. The summed E-state index contributed by atoms with van der Waals surface area (Å²) in [6.45, 7) is 3.43. The van der Waals surface area contributed by atoms with Crippen LogP contribution in [0.4, 0.5) is 5.69 Å². The highest BCUT2D eigenvalue weighted by molar-refractivity contribution is 5.97. The Labute approximate surface area is 147 Å². The van der Waals surface area contributed by atoms with Gasteiger partial charge in [-0.1, -0.05) is 18.2 Å². The van der Waals surface area contributed by atoms with E-state index >= 15 is 0 Å². The second-order valence-corrected chi connectivity index (χ2v) is 6.16. The van der Waals surface area contributed by atoms with Gasteiger partial charge in [-0.3, -0.25) is 9.59 Å². The van der Waals surface area contributed by atoms with Crippen LogP contribution in [0.1, 0.15) is 29.8 Å². The highest BCUT2D eigenvalue weighted by Gasteiger charge is 2.30. The summed E-state index contributed by atoms with van der Waals surface area (Å²) in [7, 11) is 1.51. The van der Waals surface area contributed by atoms with Gasteiger partial charge in [0.2, 0.25) is 0 Å². The lowest BCUT2D eigenvalue weighted by Crippen LogP contribution is -2.39. The van der Waals surface area contributed by atoms with E-state index in [0.717, 1.165) is 12.1 Å². The first kappa shape index (κ1) is 17.0. The van der Waals surface area contributed by atoms with Crippen molar-refractivity contribution in [1.82, 2.24) is 0 Å². The minimum absolute atomic E-state index is 0.0524. The van der Waals surface area contributed by atoms with Gasteiger partial charge in [0.25, 0.3) is 5.91 Å². The maximum atomic E-state index is 12.7. The number of nitrogens with zero attached hydrogens (tertiary/aromatic N) is 1. The SMILES string of the molecule is COc1cc(C(C)=O)ccc1OCC(=O)N1c2ccccc2C[C@@H]1C. The largest absolute Gasteiger partial charge is 0.493 e. The van der Waals surface area contributed by atoms with Crippen LogP contribution in [0.25, 0.3) is 0 Å². The van der Waals surface area contributed by atoms with Gasteiger partial charge in [0.05, 0.1) is 7.11 Å². The molecule has 130 valence electrons. The third kappa shape index (κ3) is 3.36. The number of hydrogen-bond donors (Lipinski definition) is 0. The highest BCUT2D eigenvalue weighted by Crippen LogP contribution is 2.32. The summed E-state index contributed by atoms with van der Waals surface area (Å²) in [5, 5.41) is 0. The lowest BCUT2D eigenvalue weighted by molar-refractivity contribution is -0.120. The molecule has 0 saturated heterocycles. The first-order valence-electron chi connectivity index (χ1n) is 8.23. The Kier molecular flexibility index (Phi) is 4.74. The third-order valence-electron chi connectivity index (χ3n) is 4.40. The zero-order valence-electron chi connectivity index (χ0n) is 14.6. The quantitative estimate of drug-likeness (QED) is 0.785. The number of methoxy groups -OCH3 is 1. The van der Waals surface area contributed by atoms with E-state index in [1.165, 1.54) is 19.6 Å². The zero-order valence-corrected chi connectivity index (χ0v) is 14.6. The van der Waals surface area contributed by atoms with Crippen molar-refractivity contribution in [1.29, 1.82) is 0 Å². The van der Waals surface area contributed by atoms with Crippen molar-refractivity contribution in [3.05, 3.63) is 53.6 Å². The third-order valence-corrected chi connectivity index (χ3v) is 4.40. The van der Waals surface area contributed by atoms with E-state index in [0.29, 0.717) is 17.1 Å². The number of ether oxygens (including phenoxy) is 2. The van der Waals surface area contributed by atoms with Crippen LogP contribution in [0.5, 0.6) is 11.5 Å². The maximum absolute atomic E-state index is 12.7. The number of amides is 1. The van der Waals surface area contributed by atoms with Crippen molar-refractivity contribution in [2.45, 2.75) is 26.3 Å².